The number of hydrogen-bond acceptors (Lipinski definition) is 5. The summed E-state index contributed by atoms with van der Waals surface area (Å²) in [7, 11) is 0. The van der Waals surface area contributed by atoms with E-state index in [1.165, 1.54) is 6.33 Å². The number of piperidine rings is 1. The molecule has 0 radical (unpaired) electrons. The summed E-state index contributed by atoms with van der Waals surface area (Å²) >= 11 is 6.01. The molecule has 2 fully saturated rings. The van der Waals surface area contributed by atoms with Crippen molar-refractivity contribution in [3.05, 3.63) is 17.0 Å². The second-order valence-corrected chi connectivity index (χ2v) is 6.89. The highest BCUT2D eigenvalue weighted by atomic mass is 35.5. The van der Waals surface area contributed by atoms with Crippen molar-refractivity contribution < 1.29 is 14.3 Å². The monoisotopic (exact) mass is 339 g/mol. The minimum atomic E-state index is -0.202. The van der Waals surface area contributed by atoms with Crippen molar-refractivity contribution in [3.8, 4) is 5.88 Å². The van der Waals surface area contributed by atoms with E-state index in [1.807, 2.05) is 25.7 Å². The number of ether oxygens (including phenoxy) is 2. The van der Waals surface area contributed by atoms with Crippen LogP contribution in [-0.4, -0.2) is 45.3 Å². The van der Waals surface area contributed by atoms with E-state index in [2.05, 4.69) is 9.97 Å². The highest BCUT2D eigenvalue weighted by molar-refractivity contribution is 6.30. The van der Waals surface area contributed by atoms with Gasteiger partial charge in [-0.1, -0.05) is 11.6 Å². The Balaban J connectivity index is 1.67. The lowest BCUT2D eigenvalue weighted by molar-refractivity contribution is 0.0207. The molecule has 2 saturated heterocycles. The van der Waals surface area contributed by atoms with Crippen LogP contribution in [0.5, 0.6) is 5.88 Å². The minimum absolute atomic E-state index is 0.0419. The Morgan fingerprint density at radius 2 is 1.96 bits per heavy atom. The number of aromatic nitrogens is 2. The standard InChI is InChI=1S/C16H22ClN3O3/c1-9(2)22-16(21)20-11-4-5-12(20)7-13(6-11)23-15-10(3)14(17)18-8-19-15/h8-9,11-13H,4-7H2,1-3H3/t11-,12?,13+/m0/s1. The van der Waals surface area contributed by atoms with Gasteiger partial charge >= 0.3 is 6.09 Å². The van der Waals surface area contributed by atoms with Gasteiger partial charge in [0.25, 0.3) is 0 Å². The molecule has 126 valence electrons. The van der Waals surface area contributed by atoms with E-state index in [0.717, 1.165) is 31.2 Å². The summed E-state index contributed by atoms with van der Waals surface area (Å²) in [4.78, 5) is 22.3. The van der Waals surface area contributed by atoms with E-state index in [1.54, 1.807) is 0 Å². The third kappa shape index (κ3) is 3.37. The van der Waals surface area contributed by atoms with Crippen molar-refractivity contribution in [1.29, 1.82) is 0 Å². The minimum Gasteiger partial charge on any atom is -0.474 e. The number of carbonyl (C=O) groups is 1. The fraction of sp³-hybridized carbons (Fsp3) is 0.688. The van der Waals surface area contributed by atoms with Crippen LogP contribution in [0.25, 0.3) is 0 Å². The van der Waals surface area contributed by atoms with Crippen LogP contribution < -0.4 is 4.74 Å². The van der Waals surface area contributed by atoms with Crippen LogP contribution in [0.15, 0.2) is 6.33 Å². The van der Waals surface area contributed by atoms with Crippen molar-refractivity contribution in [1.82, 2.24) is 14.9 Å². The fourth-order valence-corrected chi connectivity index (χ4v) is 3.60. The highest BCUT2D eigenvalue weighted by Crippen LogP contribution is 2.38. The summed E-state index contributed by atoms with van der Waals surface area (Å²) < 4.78 is 11.4. The smallest absolute Gasteiger partial charge is 0.410 e. The normalized spacial score (nSPS) is 26.5. The molecule has 3 atom stereocenters. The quantitative estimate of drug-likeness (QED) is 0.790. The molecule has 0 aliphatic carbocycles. The first-order chi connectivity index (χ1) is 11.0. The maximum atomic E-state index is 12.3. The maximum absolute atomic E-state index is 12.3. The van der Waals surface area contributed by atoms with E-state index in [4.69, 9.17) is 21.1 Å². The second kappa shape index (κ2) is 6.51. The topological polar surface area (TPSA) is 64.6 Å². The third-order valence-corrected chi connectivity index (χ3v) is 4.87. The Morgan fingerprint density at radius 1 is 1.30 bits per heavy atom. The summed E-state index contributed by atoms with van der Waals surface area (Å²) in [6.07, 6.45) is 4.75. The van der Waals surface area contributed by atoms with Gasteiger partial charge in [0, 0.05) is 30.5 Å². The van der Waals surface area contributed by atoms with Crippen LogP contribution in [0.4, 0.5) is 4.79 Å². The molecule has 3 heterocycles. The molecule has 7 heteroatoms. The fourth-order valence-electron chi connectivity index (χ4n) is 3.47. The Labute approximate surface area is 141 Å². The van der Waals surface area contributed by atoms with Crippen molar-refractivity contribution >= 4 is 17.7 Å². The molecule has 0 spiro atoms. The number of hydrogen-bond donors (Lipinski definition) is 0. The summed E-state index contributed by atoms with van der Waals surface area (Å²) in [5.74, 6) is 0.535. The van der Waals surface area contributed by atoms with Crippen LogP contribution in [0.1, 0.15) is 45.1 Å². The predicted octanol–water partition coefficient (Wildman–Crippen LogP) is 3.36. The lowest BCUT2D eigenvalue weighted by atomic mass is 10.0. The van der Waals surface area contributed by atoms with Crippen LogP contribution in [0, 0.1) is 6.92 Å². The Bertz CT molecular complexity index is 582. The first kappa shape index (κ1) is 16.3. The van der Waals surface area contributed by atoms with Crippen molar-refractivity contribution in [2.24, 2.45) is 0 Å². The molecule has 1 amide bonds. The van der Waals surface area contributed by atoms with Crippen molar-refractivity contribution in [3.63, 3.8) is 0 Å². The Hall–Kier alpha value is -1.56. The summed E-state index contributed by atoms with van der Waals surface area (Å²) in [6, 6.07) is 0.366. The molecule has 1 aromatic heterocycles. The SMILES string of the molecule is Cc1c(Cl)ncnc1O[C@H]1CC2CC[C@@H](C1)N2C(=O)OC(C)C. The lowest BCUT2D eigenvalue weighted by Gasteiger charge is -2.38. The summed E-state index contributed by atoms with van der Waals surface area (Å²) in [6.45, 7) is 5.59. The maximum Gasteiger partial charge on any atom is 0.410 e. The molecule has 0 N–H and O–H groups in total. The summed E-state index contributed by atoms with van der Waals surface area (Å²) in [5.41, 5.74) is 0.753. The van der Waals surface area contributed by atoms with Gasteiger partial charge in [-0.3, -0.25) is 0 Å². The molecule has 2 bridgehead atoms. The molecule has 0 saturated carbocycles. The first-order valence-corrected chi connectivity index (χ1v) is 8.46. The number of rotatable bonds is 3. The average Bonchev–Trinajstić information content (AvgIpc) is 2.75. The molecule has 3 rings (SSSR count). The van der Waals surface area contributed by atoms with Gasteiger partial charge in [-0.05, 0) is 33.6 Å². The summed E-state index contributed by atoms with van der Waals surface area (Å²) in [5, 5.41) is 0.413. The molecule has 6 nitrogen and oxygen atoms in total. The Morgan fingerprint density at radius 3 is 2.57 bits per heavy atom. The lowest BCUT2D eigenvalue weighted by Crippen LogP contribution is -2.50. The van der Waals surface area contributed by atoms with Gasteiger partial charge in [-0.2, -0.15) is 0 Å². The zero-order valence-electron chi connectivity index (χ0n) is 13.7. The number of amides is 1. The molecule has 2 aliphatic rings. The van der Waals surface area contributed by atoms with E-state index in [9.17, 15) is 4.79 Å². The predicted molar refractivity (Wildman–Crippen MR) is 85.7 cm³/mol. The zero-order chi connectivity index (χ0) is 16.6. The van der Waals surface area contributed by atoms with E-state index >= 15 is 0 Å². The van der Waals surface area contributed by atoms with Crippen LogP contribution in [0.2, 0.25) is 5.15 Å². The molecular weight excluding hydrogens is 318 g/mol. The van der Waals surface area contributed by atoms with Crippen LogP contribution >= 0.6 is 11.6 Å². The van der Waals surface area contributed by atoms with Gasteiger partial charge in [0.1, 0.15) is 17.6 Å². The van der Waals surface area contributed by atoms with Crippen molar-refractivity contribution in [2.45, 2.75) is 70.7 Å². The molecule has 1 unspecified atom stereocenters. The molecule has 1 aromatic rings. The van der Waals surface area contributed by atoms with E-state index < -0.39 is 0 Å². The largest absolute Gasteiger partial charge is 0.474 e. The van der Waals surface area contributed by atoms with Gasteiger partial charge in [0.05, 0.1) is 6.10 Å². The van der Waals surface area contributed by atoms with E-state index in [0.29, 0.717) is 11.0 Å². The van der Waals surface area contributed by atoms with Crippen molar-refractivity contribution in [2.75, 3.05) is 0 Å². The second-order valence-electron chi connectivity index (χ2n) is 6.53. The van der Waals surface area contributed by atoms with Gasteiger partial charge in [0.2, 0.25) is 5.88 Å². The molecule has 2 aliphatic heterocycles. The first-order valence-electron chi connectivity index (χ1n) is 8.08. The van der Waals surface area contributed by atoms with Gasteiger partial charge < -0.3 is 14.4 Å². The third-order valence-electron chi connectivity index (χ3n) is 4.49. The Kier molecular flexibility index (Phi) is 4.62. The zero-order valence-corrected chi connectivity index (χ0v) is 14.4. The average molecular weight is 340 g/mol. The molecule has 23 heavy (non-hydrogen) atoms. The number of fused-ring (bicyclic) bond motifs is 2. The number of halogens is 1. The number of carbonyl (C=O) groups excluding carboxylic acids is 1. The van der Waals surface area contributed by atoms with Crippen LogP contribution in [-0.2, 0) is 4.74 Å². The van der Waals surface area contributed by atoms with Gasteiger partial charge in [0.15, 0.2) is 0 Å². The van der Waals surface area contributed by atoms with E-state index in [-0.39, 0.29) is 30.4 Å². The van der Waals surface area contributed by atoms with Crippen LogP contribution in [0.3, 0.4) is 0 Å². The highest BCUT2D eigenvalue weighted by Gasteiger charge is 2.45. The van der Waals surface area contributed by atoms with Gasteiger partial charge in [-0.25, -0.2) is 14.8 Å². The number of nitrogens with zero attached hydrogens (tertiary/aromatic N) is 3. The molecule has 0 aromatic carbocycles. The van der Waals surface area contributed by atoms with Gasteiger partial charge in [-0.15, -0.1) is 0 Å². The molecular formula is C16H22ClN3O3.